The van der Waals surface area contributed by atoms with Gasteiger partial charge in [-0.1, -0.05) is 19.1 Å². The first-order valence-electron chi connectivity index (χ1n) is 8.52. The summed E-state index contributed by atoms with van der Waals surface area (Å²) < 4.78 is 6.10. The Kier molecular flexibility index (Phi) is 5.85. The van der Waals surface area contributed by atoms with Gasteiger partial charge in [0.25, 0.3) is 5.91 Å². The minimum absolute atomic E-state index is 0.0942. The molecule has 0 aliphatic rings. The number of guanidine groups is 1. The number of carbonyl (C=O) groups is 1. The number of fused-ring (bicyclic) bond motifs is 1. The lowest BCUT2D eigenvalue weighted by molar-refractivity contribution is 0.102. The fourth-order valence-electron chi connectivity index (χ4n) is 2.51. The Morgan fingerprint density at radius 1 is 1.18 bits per heavy atom. The standard InChI is InChI=1S/C19H20N6O2S/c1-3-14(24-25-19(20)21)11-4-6-12(7-5-11)22-17(26)18-23-15-9-8-13(27-2)10-16(15)28-18/h4-10H,3H2,1-2H3,(H,22,26)(H4,20,21,25)/b24-14+. The van der Waals surface area contributed by atoms with E-state index in [9.17, 15) is 4.79 Å². The van der Waals surface area contributed by atoms with Crippen LogP contribution in [0.3, 0.4) is 0 Å². The van der Waals surface area contributed by atoms with Crippen LogP contribution < -0.4 is 21.5 Å². The number of methoxy groups -OCH3 is 1. The molecule has 8 nitrogen and oxygen atoms in total. The van der Waals surface area contributed by atoms with Crippen molar-refractivity contribution in [2.75, 3.05) is 12.4 Å². The van der Waals surface area contributed by atoms with E-state index >= 15 is 0 Å². The number of thiazole rings is 1. The quantitative estimate of drug-likeness (QED) is 0.335. The molecule has 0 spiro atoms. The zero-order valence-corrected chi connectivity index (χ0v) is 16.3. The summed E-state index contributed by atoms with van der Waals surface area (Å²) in [5.74, 6) is 0.369. The van der Waals surface area contributed by atoms with Crippen molar-refractivity contribution < 1.29 is 9.53 Å². The Bertz CT molecular complexity index is 1050. The third-order valence-electron chi connectivity index (χ3n) is 3.89. The zero-order valence-electron chi connectivity index (χ0n) is 15.5. The lowest BCUT2D eigenvalue weighted by Crippen LogP contribution is -2.22. The van der Waals surface area contributed by atoms with Crippen molar-refractivity contribution in [1.29, 1.82) is 0 Å². The number of carbonyl (C=O) groups excluding carboxylic acids is 1. The molecule has 1 heterocycles. The first kappa shape index (κ1) is 19.3. The Morgan fingerprint density at radius 3 is 2.57 bits per heavy atom. The van der Waals surface area contributed by atoms with Crippen LogP contribution in [0.5, 0.6) is 5.75 Å². The molecule has 1 aromatic heterocycles. The summed E-state index contributed by atoms with van der Waals surface area (Å²) >= 11 is 1.31. The molecular weight excluding hydrogens is 376 g/mol. The first-order valence-corrected chi connectivity index (χ1v) is 9.33. The maximum absolute atomic E-state index is 12.5. The van der Waals surface area contributed by atoms with Crippen LogP contribution in [0.25, 0.3) is 10.2 Å². The minimum atomic E-state index is -0.266. The molecule has 0 bridgehead atoms. The molecule has 3 aromatic rings. The molecule has 144 valence electrons. The molecule has 0 saturated heterocycles. The molecular formula is C19H20N6O2S. The largest absolute Gasteiger partial charge is 0.497 e. The van der Waals surface area contributed by atoms with Gasteiger partial charge in [0.1, 0.15) is 5.75 Å². The monoisotopic (exact) mass is 396 g/mol. The SMILES string of the molecule is CC/C(=N\N=C(N)N)c1ccc(NC(=O)c2nc3ccc(OC)cc3s2)cc1. The van der Waals surface area contributed by atoms with Gasteiger partial charge in [0.05, 0.1) is 23.0 Å². The van der Waals surface area contributed by atoms with E-state index in [-0.39, 0.29) is 11.9 Å². The summed E-state index contributed by atoms with van der Waals surface area (Å²) in [4.78, 5) is 16.9. The molecule has 1 amide bonds. The fourth-order valence-corrected chi connectivity index (χ4v) is 3.40. The van der Waals surface area contributed by atoms with Crippen molar-refractivity contribution in [3.8, 4) is 5.75 Å². The van der Waals surface area contributed by atoms with E-state index in [0.29, 0.717) is 17.1 Å². The number of nitrogens with two attached hydrogens (primary N) is 2. The second-order valence-electron chi connectivity index (χ2n) is 5.81. The molecule has 9 heteroatoms. The Hall–Kier alpha value is -3.46. The molecule has 0 radical (unpaired) electrons. The highest BCUT2D eigenvalue weighted by atomic mass is 32.1. The molecule has 0 aliphatic carbocycles. The highest BCUT2D eigenvalue weighted by molar-refractivity contribution is 7.20. The van der Waals surface area contributed by atoms with Crippen LogP contribution in [-0.4, -0.2) is 29.7 Å². The maximum atomic E-state index is 12.5. The normalized spacial score (nSPS) is 11.3. The molecule has 0 saturated carbocycles. The predicted molar refractivity (Wildman–Crippen MR) is 113 cm³/mol. The van der Waals surface area contributed by atoms with E-state index in [0.717, 1.165) is 27.2 Å². The molecule has 5 N–H and O–H groups in total. The highest BCUT2D eigenvalue weighted by Crippen LogP contribution is 2.26. The van der Waals surface area contributed by atoms with Gasteiger partial charge in [-0.3, -0.25) is 4.79 Å². The number of nitrogens with one attached hydrogen (secondary N) is 1. The highest BCUT2D eigenvalue weighted by Gasteiger charge is 2.13. The van der Waals surface area contributed by atoms with Crippen molar-refractivity contribution in [2.24, 2.45) is 21.7 Å². The van der Waals surface area contributed by atoms with E-state index in [4.69, 9.17) is 16.2 Å². The van der Waals surface area contributed by atoms with Gasteiger partial charge in [0.2, 0.25) is 5.96 Å². The topological polar surface area (TPSA) is 128 Å². The number of hydrogen-bond acceptors (Lipinski definition) is 6. The van der Waals surface area contributed by atoms with E-state index < -0.39 is 0 Å². The lowest BCUT2D eigenvalue weighted by atomic mass is 10.1. The second kappa shape index (κ2) is 8.49. The summed E-state index contributed by atoms with van der Waals surface area (Å²) in [6.45, 7) is 1.96. The maximum Gasteiger partial charge on any atom is 0.284 e. The number of anilines is 1. The summed E-state index contributed by atoms with van der Waals surface area (Å²) in [6, 6.07) is 12.8. The average molecular weight is 396 g/mol. The molecule has 3 rings (SSSR count). The molecule has 0 atom stereocenters. The number of benzene rings is 2. The van der Waals surface area contributed by atoms with Gasteiger partial charge in [0.15, 0.2) is 5.01 Å². The number of nitrogens with zero attached hydrogens (tertiary/aromatic N) is 3. The number of aromatic nitrogens is 1. The van der Waals surface area contributed by atoms with Crippen LogP contribution in [-0.2, 0) is 0 Å². The summed E-state index contributed by atoms with van der Waals surface area (Å²) in [6.07, 6.45) is 0.664. The smallest absolute Gasteiger partial charge is 0.284 e. The zero-order chi connectivity index (χ0) is 20.1. The number of ether oxygens (including phenoxy) is 1. The minimum Gasteiger partial charge on any atom is -0.497 e. The van der Waals surface area contributed by atoms with Gasteiger partial charge in [0, 0.05) is 5.69 Å². The second-order valence-corrected chi connectivity index (χ2v) is 6.84. The van der Waals surface area contributed by atoms with Gasteiger partial charge in [-0.15, -0.1) is 16.4 Å². The molecule has 2 aromatic carbocycles. The van der Waals surface area contributed by atoms with Gasteiger partial charge >= 0.3 is 0 Å². The van der Waals surface area contributed by atoms with E-state index in [1.807, 2.05) is 37.3 Å². The third-order valence-corrected chi connectivity index (χ3v) is 4.90. The Labute approximate surface area is 165 Å². The van der Waals surface area contributed by atoms with Gasteiger partial charge in [-0.05, 0) is 42.3 Å². The third kappa shape index (κ3) is 4.44. The number of hydrogen-bond donors (Lipinski definition) is 3. The van der Waals surface area contributed by atoms with Crippen molar-refractivity contribution in [2.45, 2.75) is 13.3 Å². The number of amides is 1. The Balaban J connectivity index is 1.75. The van der Waals surface area contributed by atoms with E-state index in [2.05, 4.69) is 20.5 Å². The predicted octanol–water partition coefficient (Wildman–Crippen LogP) is 2.94. The van der Waals surface area contributed by atoms with Crippen LogP contribution in [0.15, 0.2) is 52.7 Å². The summed E-state index contributed by atoms with van der Waals surface area (Å²) in [5, 5.41) is 11.0. The van der Waals surface area contributed by atoms with Crippen LogP contribution in [0.2, 0.25) is 0 Å². The Morgan fingerprint density at radius 2 is 1.93 bits per heavy atom. The molecule has 0 aliphatic heterocycles. The van der Waals surface area contributed by atoms with Crippen LogP contribution >= 0.6 is 11.3 Å². The van der Waals surface area contributed by atoms with E-state index in [1.54, 1.807) is 19.2 Å². The molecule has 28 heavy (non-hydrogen) atoms. The van der Waals surface area contributed by atoms with Crippen molar-refractivity contribution >= 4 is 44.8 Å². The van der Waals surface area contributed by atoms with Gasteiger partial charge in [-0.25, -0.2) is 4.98 Å². The van der Waals surface area contributed by atoms with Crippen molar-refractivity contribution in [3.05, 3.63) is 53.0 Å². The van der Waals surface area contributed by atoms with E-state index in [1.165, 1.54) is 11.3 Å². The van der Waals surface area contributed by atoms with Crippen LogP contribution in [0, 0.1) is 0 Å². The van der Waals surface area contributed by atoms with Crippen molar-refractivity contribution in [1.82, 2.24) is 4.98 Å². The molecule has 0 fully saturated rings. The van der Waals surface area contributed by atoms with Crippen LogP contribution in [0.1, 0.15) is 28.7 Å². The lowest BCUT2D eigenvalue weighted by Gasteiger charge is -2.06. The average Bonchev–Trinajstić information content (AvgIpc) is 3.12. The fraction of sp³-hybridized carbons (Fsp3) is 0.158. The first-order chi connectivity index (χ1) is 13.5. The van der Waals surface area contributed by atoms with Gasteiger partial charge in [-0.2, -0.15) is 5.10 Å². The summed E-state index contributed by atoms with van der Waals surface area (Å²) in [7, 11) is 1.60. The summed E-state index contributed by atoms with van der Waals surface area (Å²) in [5.41, 5.74) is 13.7. The number of rotatable bonds is 6. The molecule has 0 unspecified atom stereocenters. The van der Waals surface area contributed by atoms with Gasteiger partial charge < -0.3 is 21.5 Å². The van der Waals surface area contributed by atoms with Crippen LogP contribution in [0.4, 0.5) is 5.69 Å². The van der Waals surface area contributed by atoms with Crippen molar-refractivity contribution in [3.63, 3.8) is 0 Å².